The molecule has 2 saturated heterocycles. The maximum Gasteiger partial charge on any atom is 0.355 e. The fraction of sp³-hybridized carbons (Fsp3) is 0.689. The van der Waals surface area contributed by atoms with Crippen LogP contribution in [-0.4, -0.2) is 181 Å². The lowest BCUT2D eigenvalue weighted by atomic mass is 9.82. The van der Waals surface area contributed by atoms with Gasteiger partial charge in [-0.1, -0.05) is 114 Å². The Labute approximate surface area is 604 Å². The Morgan fingerprint density at radius 2 is 1.02 bits per heavy atom. The average Bonchev–Trinajstić information content (AvgIpc) is 1.71. The van der Waals surface area contributed by atoms with E-state index in [2.05, 4.69) is 25.1 Å². The molecule has 1 aromatic carbocycles. The van der Waals surface area contributed by atoms with Crippen molar-refractivity contribution in [2.24, 2.45) is 41.4 Å². The predicted octanol–water partition coefficient (Wildman–Crippen LogP) is 11.7. The number of likely N-dealkylation sites (N-methyl/N-ethyl adjacent to an activating group) is 2. The van der Waals surface area contributed by atoms with E-state index in [-0.39, 0.29) is 135 Å². The molecule has 3 amide bonds. The second-order valence-electron chi connectivity index (χ2n) is 28.0. The molecular weight excluding hydrogens is 1340 g/mol. The van der Waals surface area contributed by atoms with Gasteiger partial charge in [0.2, 0.25) is 11.8 Å². The fourth-order valence-corrected chi connectivity index (χ4v) is 14.6. The van der Waals surface area contributed by atoms with Gasteiger partial charge in [0.15, 0.2) is 42.9 Å². The number of ether oxygens (including phenoxy) is 4. The molecule has 564 valence electrons. The molecule has 12 atom stereocenters. The van der Waals surface area contributed by atoms with Crippen molar-refractivity contribution in [3.8, 4) is 5.75 Å². The van der Waals surface area contributed by atoms with Crippen LogP contribution in [0.25, 0.3) is 0 Å². The van der Waals surface area contributed by atoms with Crippen LogP contribution >= 0.6 is 22.7 Å². The minimum atomic E-state index is -1.20. The number of hydrogen-bond donors (Lipinski definition) is 4. The molecule has 5 rings (SSSR count). The Morgan fingerprint density at radius 3 is 1.38 bits per heavy atom. The number of aliphatic carboxylic acids is 1. The van der Waals surface area contributed by atoms with Crippen LogP contribution in [0.15, 0.2) is 35.0 Å². The van der Waals surface area contributed by atoms with Gasteiger partial charge in [-0.15, -0.1) is 22.7 Å². The highest BCUT2D eigenvalue weighted by atomic mass is 32.1. The van der Waals surface area contributed by atoms with E-state index >= 15 is 0 Å². The number of nitrogens with zero attached hydrogens (tertiary/aromatic N) is 6. The molecule has 2 fully saturated rings. The number of carbonyl (C=O) groups excluding carboxylic acids is 9. The molecule has 3 aromatic rings. The number of aromatic hydroxyl groups is 1. The molecule has 0 saturated carbocycles. The number of rotatable bonds is 40. The summed E-state index contributed by atoms with van der Waals surface area (Å²) in [5, 5.41) is 35.1. The fourth-order valence-electron chi connectivity index (χ4n) is 12.9. The Balaban J connectivity index is 0.000000448. The summed E-state index contributed by atoms with van der Waals surface area (Å²) in [7, 11) is 3.88. The van der Waals surface area contributed by atoms with Gasteiger partial charge in [0, 0.05) is 93.1 Å². The summed E-state index contributed by atoms with van der Waals surface area (Å²) in [6, 6.07) is 4.14. The summed E-state index contributed by atoms with van der Waals surface area (Å²) >= 11 is 2.17. The molecule has 27 heteroatoms. The lowest BCUT2D eigenvalue weighted by Crippen LogP contribution is -2.50. The summed E-state index contributed by atoms with van der Waals surface area (Å²) in [6.07, 6.45) is 7.12. The Hall–Kier alpha value is -7.23. The number of hydrogen-bond acceptors (Lipinski definition) is 22. The van der Waals surface area contributed by atoms with Crippen LogP contribution in [0.1, 0.15) is 248 Å². The zero-order valence-electron chi connectivity index (χ0n) is 62.1. The Morgan fingerprint density at radius 1 is 0.604 bits per heavy atom. The van der Waals surface area contributed by atoms with Crippen molar-refractivity contribution in [2.45, 2.75) is 248 Å². The van der Waals surface area contributed by atoms with Crippen LogP contribution in [0.4, 0.5) is 0 Å². The van der Waals surface area contributed by atoms with Crippen LogP contribution in [0, 0.1) is 41.4 Å². The van der Waals surface area contributed by atoms with Gasteiger partial charge in [-0.2, -0.15) is 0 Å². The van der Waals surface area contributed by atoms with E-state index in [1.165, 1.54) is 46.5 Å². The highest BCUT2D eigenvalue weighted by molar-refractivity contribution is 7.10. The van der Waals surface area contributed by atoms with E-state index in [9.17, 15) is 68.1 Å². The van der Waals surface area contributed by atoms with Crippen LogP contribution in [0.5, 0.6) is 5.75 Å². The predicted molar refractivity (Wildman–Crippen MR) is 382 cm³/mol. The number of nitrogens with one attached hydrogen (secondary N) is 1. The monoisotopic (exact) mass is 1450 g/mol. The first-order valence-electron chi connectivity index (χ1n) is 35.9. The van der Waals surface area contributed by atoms with E-state index in [0.717, 1.165) is 79.9 Å². The molecule has 0 radical (unpaired) electrons. The van der Waals surface area contributed by atoms with E-state index in [0.29, 0.717) is 42.1 Å². The van der Waals surface area contributed by atoms with Crippen molar-refractivity contribution in [2.75, 3.05) is 40.6 Å². The number of phenols is 1. The van der Waals surface area contributed by atoms with Crippen molar-refractivity contribution in [3.63, 3.8) is 0 Å². The van der Waals surface area contributed by atoms with Crippen LogP contribution in [-0.2, 0) is 68.5 Å². The number of esters is 4. The lowest BCUT2D eigenvalue weighted by molar-refractivity contribution is -0.163. The molecule has 2 aliphatic rings. The number of aromatic carboxylic acids is 1. The number of ketones is 2. The molecule has 0 bridgehead atoms. The van der Waals surface area contributed by atoms with E-state index in [1.807, 2.05) is 83.3 Å². The quantitative estimate of drug-likeness (QED) is 0.0233. The maximum absolute atomic E-state index is 14.8. The maximum atomic E-state index is 14.8. The number of phenolic OH excluding ortho intramolecular Hbond substituents is 1. The molecule has 2 aliphatic heterocycles. The third-order valence-electron chi connectivity index (χ3n) is 19.4. The molecule has 2 unspecified atom stereocenters. The number of piperidine rings is 2. The van der Waals surface area contributed by atoms with E-state index < -0.39 is 89.8 Å². The number of benzene rings is 1. The summed E-state index contributed by atoms with van der Waals surface area (Å²) in [5.41, 5.74) is 0.666. The molecule has 0 aliphatic carbocycles. The number of Topliss-reactive ketones (excluding diaryl/α,β-unsaturated/α-hetero) is 2. The van der Waals surface area contributed by atoms with E-state index in [4.69, 9.17) is 18.9 Å². The summed E-state index contributed by atoms with van der Waals surface area (Å²) in [5.74, 6) is -8.07. The second kappa shape index (κ2) is 43.0. The molecule has 4 heterocycles. The normalized spacial score (nSPS) is 18.0. The number of carboxylic acids is 2. The van der Waals surface area contributed by atoms with Crippen molar-refractivity contribution in [1.29, 1.82) is 0 Å². The van der Waals surface area contributed by atoms with E-state index in [1.54, 1.807) is 19.1 Å². The SMILES string of the molecule is CCCC(=O)OCN(C(=O)[C@@H](CC(=O)C1CCCCN1C)[C@@H](C)CC)[C@H](C[C@@H](OC(C)=O)c1nc(C(=O)N[C@@H](Cc2ccc(O)cc2)C[C@H](C)C(=O)O)cs1)C(C)C.CCCC(=O)OCN(C(=O)[C@@H](CC(=O)C1CCCCN1C)[C@@H](C)CC)[C@H](C[C@@H](OC(C)=O)c1nc(C(=O)O)cs1)C(C)C. The number of amides is 3. The second-order valence-corrected chi connectivity index (χ2v) is 29.7. The zero-order valence-corrected chi connectivity index (χ0v) is 63.7. The van der Waals surface area contributed by atoms with Gasteiger partial charge < -0.3 is 49.4 Å². The van der Waals surface area contributed by atoms with Crippen molar-refractivity contribution in [3.05, 3.63) is 62.0 Å². The van der Waals surface area contributed by atoms with Gasteiger partial charge in [-0.25, -0.2) is 14.8 Å². The summed E-state index contributed by atoms with van der Waals surface area (Å²) in [6.45, 7) is 24.3. The first-order valence-corrected chi connectivity index (χ1v) is 37.7. The van der Waals surface area contributed by atoms with Gasteiger partial charge >= 0.3 is 35.8 Å². The number of aromatic nitrogens is 2. The number of thiazole rings is 2. The molecular formula is C74H113N7O18S2. The average molecular weight is 1450 g/mol. The van der Waals surface area contributed by atoms with Crippen LogP contribution < -0.4 is 5.32 Å². The molecule has 0 spiro atoms. The molecule has 25 nitrogen and oxygen atoms in total. The first kappa shape index (κ1) is 86.2. The Bertz CT molecular complexity index is 3190. The largest absolute Gasteiger partial charge is 0.508 e. The molecule has 101 heavy (non-hydrogen) atoms. The topological polar surface area (TPSA) is 336 Å². The van der Waals surface area contributed by atoms with Crippen molar-refractivity contribution < 1.29 is 87.0 Å². The van der Waals surface area contributed by atoms with Gasteiger partial charge in [-0.3, -0.25) is 57.7 Å². The summed E-state index contributed by atoms with van der Waals surface area (Å²) < 4.78 is 22.7. The third-order valence-corrected chi connectivity index (χ3v) is 21.2. The minimum Gasteiger partial charge on any atom is -0.508 e. The molecule has 4 N–H and O–H groups in total. The smallest absolute Gasteiger partial charge is 0.355 e. The van der Waals surface area contributed by atoms with Crippen LogP contribution in [0.2, 0.25) is 0 Å². The number of carbonyl (C=O) groups is 11. The number of likely N-dealkylation sites (tertiary alicyclic amines) is 2. The Kier molecular flexibility index (Phi) is 36.7. The third kappa shape index (κ3) is 27.5. The lowest BCUT2D eigenvalue weighted by Gasteiger charge is -2.39. The minimum absolute atomic E-state index is 0.0129. The van der Waals surface area contributed by atoms with Gasteiger partial charge in [-0.05, 0) is 120 Å². The molecule has 2 aromatic heterocycles. The van der Waals surface area contributed by atoms with Crippen LogP contribution in [0.3, 0.4) is 0 Å². The van der Waals surface area contributed by atoms with Gasteiger partial charge in [0.1, 0.15) is 21.5 Å². The standard InChI is InChI=1S/C43H64N4O10S.C31H49N3O8S/c1-9-13-39(51)56-25-47(42(53)33(27(5)10-2)22-37(50)35-14-11-12-19-46(35)8)36(26(3)4)23-38(57-29(7)48)41-45-34(24-58-41)40(52)44-31(20-28(6)43(54)55)21-30-15-17-32(49)18-16-30;1-8-12-28(37)41-18-34(30(38)22(20(5)9-2)15-26(36)24-13-10-11-14-33(24)7)25(19(3)4)16-27(42-21(6)35)29-32-23(17-43-29)31(39)40/h15-18,24,26-28,31,33,35-36,38,49H,9-14,19-23,25H2,1-8H3,(H,44,52)(H,54,55);17,19-20,22,24-25,27H,8-16,18H2,1-7H3,(H,39,40)/t27-,28-,31+,33-,35?,36+,38+;20-,22-,24?,25+,27+/m00/s1. The van der Waals surface area contributed by atoms with Crippen molar-refractivity contribution >= 4 is 87.8 Å². The van der Waals surface area contributed by atoms with Crippen molar-refractivity contribution in [1.82, 2.24) is 34.9 Å². The van der Waals surface area contributed by atoms with Gasteiger partial charge in [0.25, 0.3) is 5.91 Å². The highest BCUT2D eigenvalue weighted by Crippen LogP contribution is 2.37. The first-order chi connectivity index (χ1) is 47.7. The van der Waals surface area contributed by atoms with Gasteiger partial charge in [0.05, 0.1) is 18.0 Å². The highest BCUT2D eigenvalue weighted by Gasteiger charge is 2.42. The summed E-state index contributed by atoms with van der Waals surface area (Å²) in [4.78, 5) is 159. The zero-order chi connectivity index (χ0) is 75.4. The number of carboxylic acid groups (broad SMARTS) is 2.